The quantitative estimate of drug-likeness (QED) is 0.425. The molecule has 124 valence electrons. The number of benzene rings is 1. The van der Waals surface area contributed by atoms with Crippen molar-refractivity contribution in [2.75, 3.05) is 4.72 Å². The Balaban J connectivity index is 0.00000441. The van der Waals surface area contributed by atoms with Crippen molar-refractivity contribution in [3.05, 3.63) is 30.3 Å². The molecule has 0 aliphatic heterocycles. The Hall–Kier alpha value is -1.88. The average Bonchev–Trinajstić information content (AvgIpc) is 2.37. The van der Waals surface area contributed by atoms with Gasteiger partial charge in [0.15, 0.2) is 0 Å². The minimum atomic E-state index is -4.18. The van der Waals surface area contributed by atoms with Gasteiger partial charge in [0, 0.05) is 12.1 Å². The average molecular weight is 354 g/mol. The zero-order valence-electron chi connectivity index (χ0n) is 11.2. The molecule has 0 radical (unpaired) electrons. The van der Waals surface area contributed by atoms with Crippen LogP contribution in [0, 0.1) is 0 Å². The Morgan fingerprint density at radius 1 is 1.14 bits per heavy atom. The predicted octanol–water partition coefficient (Wildman–Crippen LogP) is -0.390. The molecule has 0 fully saturated rings. The number of para-hydroxylation sites is 1. The first kappa shape index (κ1) is 20.1. The molecule has 22 heavy (non-hydrogen) atoms. The first-order valence-electron chi connectivity index (χ1n) is 5.77. The van der Waals surface area contributed by atoms with Crippen molar-refractivity contribution in [1.82, 2.24) is 4.72 Å². The van der Waals surface area contributed by atoms with E-state index in [-0.39, 0.29) is 18.1 Å². The van der Waals surface area contributed by atoms with Gasteiger partial charge >= 0.3 is 11.9 Å². The highest BCUT2D eigenvalue weighted by atomic mass is 35.5. The number of hydrogen-bond acceptors (Lipinski definition) is 5. The van der Waals surface area contributed by atoms with E-state index in [2.05, 4.69) is 4.72 Å². The van der Waals surface area contributed by atoms with Gasteiger partial charge in [0.2, 0.25) is 0 Å². The van der Waals surface area contributed by atoms with Gasteiger partial charge in [-0.05, 0) is 12.1 Å². The topological polar surface area (TPSA) is 159 Å². The molecular weight excluding hydrogens is 338 g/mol. The molecule has 0 heterocycles. The number of halogens is 1. The molecule has 1 rings (SSSR count). The van der Waals surface area contributed by atoms with E-state index in [1.54, 1.807) is 18.2 Å². The fourth-order valence-electron chi connectivity index (χ4n) is 1.43. The Morgan fingerprint density at radius 3 is 2.14 bits per heavy atom. The molecule has 0 spiro atoms. The maximum Gasteiger partial charge on any atom is 0.321 e. The van der Waals surface area contributed by atoms with Crippen molar-refractivity contribution in [3.8, 4) is 0 Å². The van der Waals surface area contributed by atoms with Crippen LogP contribution in [0.3, 0.4) is 0 Å². The van der Waals surface area contributed by atoms with Gasteiger partial charge in [-0.25, -0.2) is 0 Å². The second-order valence-electron chi connectivity index (χ2n) is 4.16. The van der Waals surface area contributed by atoms with Gasteiger partial charge in [-0.1, -0.05) is 18.2 Å². The summed E-state index contributed by atoms with van der Waals surface area (Å²) < 4.78 is 27.5. The van der Waals surface area contributed by atoms with E-state index in [1.165, 1.54) is 12.1 Å². The van der Waals surface area contributed by atoms with Crippen molar-refractivity contribution in [2.45, 2.75) is 18.5 Å². The van der Waals surface area contributed by atoms with Gasteiger partial charge < -0.3 is 15.9 Å². The summed E-state index contributed by atoms with van der Waals surface area (Å²) in [7, 11) is -4.18. The van der Waals surface area contributed by atoms with Crippen LogP contribution >= 0.6 is 12.4 Å². The number of aliphatic carboxylic acids is 2. The lowest BCUT2D eigenvalue weighted by Crippen LogP contribution is -2.48. The highest BCUT2D eigenvalue weighted by Gasteiger charge is 2.28. The molecule has 6 N–H and O–H groups in total. The van der Waals surface area contributed by atoms with Crippen LogP contribution in [0.1, 0.15) is 6.42 Å². The summed E-state index contributed by atoms with van der Waals surface area (Å²) in [6.07, 6.45) is -0.583. The molecule has 0 aliphatic carbocycles. The summed E-state index contributed by atoms with van der Waals surface area (Å²) >= 11 is 0. The molecule has 0 aliphatic rings. The number of carboxylic acids is 2. The summed E-state index contributed by atoms with van der Waals surface area (Å²) in [5, 5.41) is 17.6. The molecule has 0 saturated carbocycles. The zero-order valence-corrected chi connectivity index (χ0v) is 12.8. The van der Waals surface area contributed by atoms with Gasteiger partial charge in [-0.15, -0.1) is 12.4 Å². The molecular formula is C11H16ClN3O6S. The van der Waals surface area contributed by atoms with Gasteiger partial charge in [-0.2, -0.15) is 13.1 Å². The van der Waals surface area contributed by atoms with Crippen LogP contribution in [0.4, 0.5) is 5.69 Å². The smallest absolute Gasteiger partial charge is 0.321 e. The summed E-state index contributed by atoms with van der Waals surface area (Å²) in [6, 6.07) is 4.65. The Kier molecular flexibility index (Phi) is 7.81. The fourth-order valence-corrected chi connectivity index (χ4v) is 2.51. The molecule has 0 bridgehead atoms. The van der Waals surface area contributed by atoms with Crippen molar-refractivity contribution in [2.24, 2.45) is 5.73 Å². The van der Waals surface area contributed by atoms with E-state index in [0.717, 1.165) is 0 Å². The highest BCUT2D eigenvalue weighted by molar-refractivity contribution is 7.90. The van der Waals surface area contributed by atoms with Gasteiger partial charge in [0.1, 0.15) is 12.1 Å². The molecule has 0 amide bonds. The number of nitrogens with two attached hydrogens (primary N) is 1. The van der Waals surface area contributed by atoms with Crippen molar-refractivity contribution in [1.29, 1.82) is 0 Å². The third-order valence-electron chi connectivity index (χ3n) is 2.43. The van der Waals surface area contributed by atoms with Gasteiger partial charge in [0.05, 0.1) is 0 Å². The largest absolute Gasteiger partial charge is 0.480 e. The van der Waals surface area contributed by atoms with E-state index in [0.29, 0.717) is 0 Å². The molecule has 0 aromatic heterocycles. The lowest BCUT2D eigenvalue weighted by Gasteiger charge is -2.17. The Morgan fingerprint density at radius 2 is 1.68 bits per heavy atom. The number of hydrogen-bond donors (Lipinski definition) is 5. The van der Waals surface area contributed by atoms with E-state index < -0.39 is 40.7 Å². The van der Waals surface area contributed by atoms with E-state index in [9.17, 15) is 18.0 Å². The van der Waals surface area contributed by atoms with Crippen LogP contribution in [0.2, 0.25) is 0 Å². The minimum Gasteiger partial charge on any atom is -0.480 e. The van der Waals surface area contributed by atoms with Crippen LogP contribution in [-0.4, -0.2) is 42.7 Å². The van der Waals surface area contributed by atoms with E-state index in [1.807, 2.05) is 4.72 Å². The number of rotatable bonds is 8. The molecule has 0 saturated heterocycles. The second kappa shape index (κ2) is 8.54. The maximum absolute atomic E-state index is 11.8. The Labute approximate surface area is 133 Å². The molecule has 2 atom stereocenters. The highest BCUT2D eigenvalue weighted by Crippen LogP contribution is 2.08. The third kappa shape index (κ3) is 6.72. The van der Waals surface area contributed by atoms with Crippen molar-refractivity contribution >= 4 is 40.2 Å². The second-order valence-corrected chi connectivity index (χ2v) is 5.61. The number of anilines is 1. The number of carboxylic acid groups (broad SMARTS) is 2. The van der Waals surface area contributed by atoms with Crippen LogP contribution < -0.4 is 15.2 Å². The van der Waals surface area contributed by atoms with Crippen molar-refractivity contribution < 1.29 is 28.2 Å². The molecule has 1 aromatic carbocycles. The van der Waals surface area contributed by atoms with E-state index in [4.69, 9.17) is 15.9 Å². The van der Waals surface area contributed by atoms with Crippen LogP contribution in [0.25, 0.3) is 0 Å². The Bertz CT molecular complexity index is 610. The van der Waals surface area contributed by atoms with Crippen LogP contribution in [-0.2, 0) is 19.8 Å². The molecule has 1 aromatic rings. The summed E-state index contributed by atoms with van der Waals surface area (Å²) in [5.74, 6) is -2.94. The summed E-state index contributed by atoms with van der Waals surface area (Å²) in [4.78, 5) is 21.6. The monoisotopic (exact) mass is 353 g/mol. The first-order valence-corrected chi connectivity index (χ1v) is 7.26. The predicted molar refractivity (Wildman–Crippen MR) is 81.0 cm³/mol. The SMILES string of the molecule is Cl.NC(C[C@H](NS(=O)(=O)Nc1ccccc1)C(=O)O)C(=O)O. The van der Waals surface area contributed by atoms with Crippen molar-refractivity contribution in [3.63, 3.8) is 0 Å². The number of carbonyl (C=O) groups is 2. The molecule has 11 heteroatoms. The maximum atomic E-state index is 11.8. The van der Waals surface area contributed by atoms with Gasteiger partial charge in [0.25, 0.3) is 10.2 Å². The summed E-state index contributed by atoms with van der Waals surface area (Å²) in [6.45, 7) is 0. The van der Waals surface area contributed by atoms with Crippen LogP contribution in [0.15, 0.2) is 30.3 Å². The number of nitrogens with one attached hydrogen (secondary N) is 2. The van der Waals surface area contributed by atoms with Crippen LogP contribution in [0.5, 0.6) is 0 Å². The third-order valence-corrected chi connectivity index (χ3v) is 3.53. The summed E-state index contributed by atoms with van der Waals surface area (Å²) in [5.41, 5.74) is 5.44. The van der Waals surface area contributed by atoms with Gasteiger partial charge in [-0.3, -0.25) is 14.3 Å². The lowest BCUT2D eigenvalue weighted by atomic mass is 10.1. The van der Waals surface area contributed by atoms with E-state index >= 15 is 0 Å². The normalized spacial score (nSPS) is 13.5. The molecule has 1 unspecified atom stereocenters. The fraction of sp³-hybridized carbons (Fsp3) is 0.273. The first-order chi connectivity index (χ1) is 9.71. The minimum absolute atomic E-state index is 0. The zero-order chi connectivity index (χ0) is 16.0. The molecule has 9 nitrogen and oxygen atoms in total. The standard InChI is InChI=1S/C11H15N3O6S.ClH/c12-8(10(15)16)6-9(11(17)18)14-21(19,20)13-7-4-2-1-3-5-7;/h1-5,8-9,13-14H,6,12H2,(H,15,16)(H,17,18);1H/t8?,9-;/m0./s1. The lowest BCUT2D eigenvalue weighted by molar-refractivity contribution is -0.141.